The first-order valence-corrected chi connectivity index (χ1v) is 6.51. The number of rotatable bonds is 5. The molecule has 18 heavy (non-hydrogen) atoms. The Morgan fingerprint density at radius 2 is 1.83 bits per heavy atom. The van der Waals surface area contributed by atoms with Crippen molar-refractivity contribution in [2.75, 3.05) is 11.9 Å². The van der Waals surface area contributed by atoms with Crippen LogP contribution in [0.15, 0.2) is 30.3 Å². The van der Waals surface area contributed by atoms with Crippen molar-refractivity contribution in [2.45, 2.75) is 24.6 Å². The first-order valence-electron chi connectivity index (χ1n) is 5.72. The van der Waals surface area contributed by atoms with E-state index in [1.54, 1.807) is 13.8 Å². The van der Waals surface area contributed by atoms with Crippen LogP contribution in [0.5, 0.6) is 0 Å². The summed E-state index contributed by atoms with van der Waals surface area (Å²) in [6.07, 6.45) is 0.254. The van der Waals surface area contributed by atoms with Crippen LogP contribution in [0.1, 0.15) is 20.3 Å². The molecule has 1 rings (SSSR count). The number of amides is 2. The molecule has 0 aromatic heterocycles. The molecule has 0 fully saturated rings. The van der Waals surface area contributed by atoms with Crippen molar-refractivity contribution in [3.63, 3.8) is 0 Å². The van der Waals surface area contributed by atoms with Crippen molar-refractivity contribution in [3.8, 4) is 0 Å². The highest BCUT2D eigenvalue weighted by molar-refractivity contribution is 9.10. The second kappa shape index (κ2) is 6.54. The molecule has 0 aliphatic heterocycles. The molecule has 0 radical (unpaired) electrons. The number of hydrogen-bond acceptors (Lipinski definition) is 2. The van der Waals surface area contributed by atoms with Gasteiger partial charge < -0.3 is 10.6 Å². The molecule has 0 aliphatic carbocycles. The van der Waals surface area contributed by atoms with Gasteiger partial charge in [-0.1, -0.05) is 34.1 Å². The fourth-order valence-corrected chi connectivity index (χ4v) is 1.38. The quantitative estimate of drug-likeness (QED) is 0.820. The van der Waals surface area contributed by atoms with Gasteiger partial charge in [0.15, 0.2) is 0 Å². The third-order valence-electron chi connectivity index (χ3n) is 2.24. The number of anilines is 1. The number of alkyl halides is 1. The standard InChI is InChI=1S/C13H17BrN2O2/c1-13(2,14)12(18)15-9-8-11(17)16-10-6-4-3-5-7-10/h3-7H,8-9H2,1-2H3,(H,15,18)(H,16,17). The van der Waals surface area contributed by atoms with E-state index in [1.807, 2.05) is 30.3 Å². The minimum atomic E-state index is -0.608. The molecular formula is C13H17BrN2O2. The monoisotopic (exact) mass is 312 g/mol. The predicted octanol–water partition coefficient (Wildman–Crippen LogP) is 2.30. The van der Waals surface area contributed by atoms with Crippen LogP contribution in [-0.4, -0.2) is 22.7 Å². The Morgan fingerprint density at radius 1 is 1.22 bits per heavy atom. The summed E-state index contributed by atoms with van der Waals surface area (Å²) in [5.41, 5.74) is 0.759. The highest BCUT2D eigenvalue weighted by Gasteiger charge is 2.22. The summed E-state index contributed by atoms with van der Waals surface area (Å²) in [4.78, 5) is 23.1. The Hall–Kier alpha value is -1.36. The molecule has 2 amide bonds. The summed E-state index contributed by atoms with van der Waals surface area (Å²) >= 11 is 3.25. The zero-order chi connectivity index (χ0) is 13.6. The second-order valence-electron chi connectivity index (χ2n) is 4.39. The zero-order valence-corrected chi connectivity index (χ0v) is 12.1. The summed E-state index contributed by atoms with van der Waals surface area (Å²) in [7, 11) is 0. The van der Waals surface area contributed by atoms with Crippen molar-refractivity contribution < 1.29 is 9.59 Å². The Bertz CT molecular complexity index is 413. The highest BCUT2D eigenvalue weighted by atomic mass is 79.9. The zero-order valence-electron chi connectivity index (χ0n) is 10.5. The van der Waals surface area contributed by atoms with E-state index < -0.39 is 4.32 Å². The van der Waals surface area contributed by atoms with Crippen molar-refractivity contribution in [1.82, 2.24) is 5.32 Å². The van der Waals surface area contributed by atoms with E-state index >= 15 is 0 Å². The van der Waals surface area contributed by atoms with Gasteiger partial charge in [0.25, 0.3) is 0 Å². The normalized spacial score (nSPS) is 10.8. The van der Waals surface area contributed by atoms with Gasteiger partial charge >= 0.3 is 0 Å². The van der Waals surface area contributed by atoms with Crippen LogP contribution in [-0.2, 0) is 9.59 Å². The topological polar surface area (TPSA) is 58.2 Å². The number of carbonyl (C=O) groups excluding carboxylic acids is 2. The van der Waals surface area contributed by atoms with E-state index in [9.17, 15) is 9.59 Å². The molecule has 0 heterocycles. The van der Waals surface area contributed by atoms with Crippen molar-refractivity contribution in [2.24, 2.45) is 0 Å². The van der Waals surface area contributed by atoms with Gasteiger partial charge in [-0.25, -0.2) is 0 Å². The molecule has 0 spiro atoms. The van der Waals surface area contributed by atoms with Gasteiger partial charge in [-0.15, -0.1) is 0 Å². The van der Waals surface area contributed by atoms with Crippen molar-refractivity contribution in [3.05, 3.63) is 30.3 Å². The van der Waals surface area contributed by atoms with Crippen LogP contribution in [0.25, 0.3) is 0 Å². The average molecular weight is 313 g/mol. The van der Waals surface area contributed by atoms with E-state index in [-0.39, 0.29) is 18.2 Å². The third-order valence-corrected chi connectivity index (χ3v) is 2.60. The molecule has 5 heteroatoms. The molecule has 0 saturated carbocycles. The van der Waals surface area contributed by atoms with Crippen molar-refractivity contribution >= 4 is 33.4 Å². The predicted molar refractivity (Wildman–Crippen MR) is 75.7 cm³/mol. The Labute approximate surface area is 115 Å². The largest absolute Gasteiger partial charge is 0.354 e. The average Bonchev–Trinajstić information content (AvgIpc) is 2.28. The van der Waals surface area contributed by atoms with E-state index in [4.69, 9.17) is 0 Å². The molecule has 0 unspecified atom stereocenters. The molecule has 1 aromatic carbocycles. The number of nitrogens with one attached hydrogen (secondary N) is 2. The van der Waals surface area contributed by atoms with Crippen LogP contribution >= 0.6 is 15.9 Å². The minimum absolute atomic E-state index is 0.117. The van der Waals surface area contributed by atoms with E-state index in [1.165, 1.54) is 0 Å². The van der Waals surface area contributed by atoms with E-state index in [2.05, 4.69) is 26.6 Å². The molecule has 1 aromatic rings. The van der Waals surface area contributed by atoms with Crippen LogP contribution in [0, 0.1) is 0 Å². The summed E-state index contributed by atoms with van der Waals surface area (Å²) in [6, 6.07) is 9.22. The van der Waals surface area contributed by atoms with Gasteiger partial charge in [-0.2, -0.15) is 0 Å². The van der Waals surface area contributed by atoms with Crippen LogP contribution in [0.3, 0.4) is 0 Å². The van der Waals surface area contributed by atoms with E-state index in [0.29, 0.717) is 6.54 Å². The molecular weight excluding hydrogens is 296 g/mol. The molecule has 2 N–H and O–H groups in total. The summed E-state index contributed by atoms with van der Waals surface area (Å²) in [6.45, 7) is 3.84. The number of para-hydroxylation sites is 1. The lowest BCUT2D eigenvalue weighted by Gasteiger charge is -2.15. The maximum Gasteiger partial charge on any atom is 0.236 e. The van der Waals surface area contributed by atoms with E-state index in [0.717, 1.165) is 5.69 Å². The number of carbonyl (C=O) groups is 2. The lowest BCUT2D eigenvalue weighted by molar-refractivity contribution is -0.122. The molecule has 0 saturated heterocycles. The van der Waals surface area contributed by atoms with Gasteiger partial charge in [-0.05, 0) is 26.0 Å². The second-order valence-corrected chi connectivity index (χ2v) is 6.38. The third kappa shape index (κ3) is 5.31. The lowest BCUT2D eigenvalue weighted by atomic mass is 10.2. The summed E-state index contributed by atoms with van der Waals surface area (Å²) in [5, 5.41) is 5.45. The van der Waals surface area contributed by atoms with Gasteiger partial charge in [0.2, 0.25) is 11.8 Å². The lowest BCUT2D eigenvalue weighted by Crippen LogP contribution is -2.38. The minimum Gasteiger partial charge on any atom is -0.354 e. The Balaban J connectivity index is 2.28. The van der Waals surface area contributed by atoms with Crippen LogP contribution in [0.2, 0.25) is 0 Å². The fourth-order valence-electron chi connectivity index (χ4n) is 1.24. The molecule has 0 atom stereocenters. The van der Waals surface area contributed by atoms with Crippen LogP contribution < -0.4 is 10.6 Å². The number of halogens is 1. The van der Waals surface area contributed by atoms with Crippen molar-refractivity contribution in [1.29, 1.82) is 0 Å². The fraction of sp³-hybridized carbons (Fsp3) is 0.385. The van der Waals surface area contributed by atoms with Gasteiger partial charge in [0.05, 0.1) is 4.32 Å². The Kier molecular flexibility index (Phi) is 5.34. The van der Waals surface area contributed by atoms with Gasteiger partial charge in [0, 0.05) is 18.7 Å². The maximum absolute atomic E-state index is 11.6. The number of benzene rings is 1. The Morgan fingerprint density at radius 3 is 2.39 bits per heavy atom. The summed E-state index contributed by atoms with van der Waals surface area (Å²) in [5.74, 6) is -0.246. The molecule has 0 aliphatic rings. The molecule has 4 nitrogen and oxygen atoms in total. The summed E-state index contributed by atoms with van der Waals surface area (Å²) < 4.78 is -0.608. The first kappa shape index (κ1) is 14.7. The van der Waals surface area contributed by atoms with Crippen LogP contribution in [0.4, 0.5) is 5.69 Å². The highest BCUT2D eigenvalue weighted by Crippen LogP contribution is 2.15. The van der Waals surface area contributed by atoms with Gasteiger partial charge in [-0.3, -0.25) is 9.59 Å². The maximum atomic E-state index is 11.6. The SMILES string of the molecule is CC(C)(Br)C(=O)NCCC(=O)Nc1ccccc1. The van der Waals surface area contributed by atoms with Gasteiger partial charge in [0.1, 0.15) is 0 Å². The smallest absolute Gasteiger partial charge is 0.236 e. The number of hydrogen-bond donors (Lipinski definition) is 2. The first-order chi connectivity index (χ1) is 8.39. The molecule has 98 valence electrons. The molecule has 0 bridgehead atoms.